The zero-order valence-electron chi connectivity index (χ0n) is 42.4. The molecule has 2 unspecified atom stereocenters. The van der Waals surface area contributed by atoms with Crippen LogP contribution in [0.15, 0.2) is 41.0 Å². The number of hydrogen-bond acceptors (Lipinski definition) is 16. The number of carboxylic acids is 1. The summed E-state index contributed by atoms with van der Waals surface area (Å²) >= 11 is 0. The molecule has 0 spiro atoms. The molecule has 74 heavy (non-hydrogen) atoms. The van der Waals surface area contributed by atoms with E-state index in [4.69, 9.17) is 40.1 Å². The van der Waals surface area contributed by atoms with Crippen molar-refractivity contribution in [3.63, 3.8) is 0 Å². The number of aliphatic carboxylic acids is 1. The van der Waals surface area contributed by atoms with Crippen molar-refractivity contribution in [2.45, 2.75) is 139 Å². The van der Waals surface area contributed by atoms with Crippen LogP contribution in [0.3, 0.4) is 0 Å². The maximum atomic E-state index is 14.2. The van der Waals surface area contributed by atoms with Crippen LogP contribution in [0.4, 0.5) is 0 Å². The van der Waals surface area contributed by atoms with Crippen LogP contribution in [0.5, 0.6) is 0 Å². The number of carbonyl (C=O) groups is 9. The van der Waals surface area contributed by atoms with E-state index in [1.54, 1.807) is 12.1 Å². The van der Waals surface area contributed by atoms with Crippen LogP contribution >= 0.6 is 0 Å². The van der Waals surface area contributed by atoms with Crippen LogP contribution in [0.2, 0.25) is 0 Å². The number of aliphatic imine (C=N–C) groups is 1. The molecule has 1 aliphatic rings. The van der Waals surface area contributed by atoms with Crippen molar-refractivity contribution >= 4 is 59.2 Å². The molecule has 27 nitrogen and oxygen atoms in total. The second-order valence-electron chi connectivity index (χ2n) is 18.0. The first-order chi connectivity index (χ1) is 35.2. The standard InChI is InChI=1S/C47H80N16O11/c1-27-15-17-29(18-16-27)24-34(42(69)59-31(11-4-6-20-49)41(68)60-33(46(73)74)13-8-22-55-47(53)54)61-43(70)35-14-9-23-63(35)45(72)32(12-7-21-50)58-37(65)26-56-39(66)28(2)57-44(71)38(36(64)25-51)62-40(67)30(52)10-3-5-19-48/h13,15-18,28,30-32,34-36,38,64H,3-12,14,19-26,48-52H2,1-2H3,(H,56,66)(H,57,71)(H,58,65)(H,59,69)(H,60,68)(H,61,70)(H,62,67)(H,73,74)(H4,53,54,55)/b33-13-/t28?,30?,31-,32+,34-,35-,36-,38-/m0/s1. The molecule has 8 atom stereocenters. The molecular weight excluding hydrogens is 965 g/mol. The number of benzene rings is 1. The van der Waals surface area contributed by atoms with Crippen LogP contribution in [-0.4, -0.2) is 169 Å². The summed E-state index contributed by atoms with van der Waals surface area (Å²) in [4.78, 5) is 126. The minimum atomic E-state index is -1.56. The van der Waals surface area contributed by atoms with Crippen LogP contribution in [-0.2, 0) is 49.6 Å². The second-order valence-corrected chi connectivity index (χ2v) is 18.0. The summed E-state index contributed by atoms with van der Waals surface area (Å²) in [7, 11) is 0. The van der Waals surface area contributed by atoms with Crippen molar-refractivity contribution in [3.05, 3.63) is 47.2 Å². The number of unbranched alkanes of at least 4 members (excludes halogenated alkanes) is 2. The van der Waals surface area contributed by atoms with Gasteiger partial charge in [0.05, 0.1) is 18.7 Å². The first-order valence-electron chi connectivity index (χ1n) is 24.9. The number of aryl methyl sites for hydroxylation is 1. The molecule has 1 saturated heterocycles. The van der Waals surface area contributed by atoms with Gasteiger partial charge in [-0.05, 0) is 103 Å². The van der Waals surface area contributed by atoms with Gasteiger partial charge in [-0.25, -0.2) is 4.79 Å². The largest absolute Gasteiger partial charge is 0.477 e. The van der Waals surface area contributed by atoms with E-state index in [-0.39, 0.29) is 77.1 Å². The lowest BCUT2D eigenvalue weighted by Gasteiger charge is -2.30. The highest BCUT2D eigenvalue weighted by Crippen LogP contribution is 2.21. The van der Waals surface area contributed by atoms with Crippen molar-refractivity contribution < 1.29 is 53.4 Å². The fraction of sp³-hybridized carbons (Fsp3) is 0.617. The van der Waals surface area contributed by atoms with E-state index in [1.807, 2.05) is 19.1 Å². The summed E-state index contributed by atoms with van der Waals surface area (Å²) in [5.74, 6) is -7.86. The Morgan fingerprint density at radius 2 is 1.39 bits per heavy atom. The van der Waals surface area contributed by atoms with Gasteiger partial charge in [0.15, 0.2) is 5.96 Å². The lowest BCUT2D eigenvalue weighted by Crippen LogP contribution is -2.60. The first-order valence-corrected chi connectivity index (χ1v) is 24.9. The monoisotopic (exact) mass is 1040 g/mol. The number of nitrogens with zero attached hydrogens (tertiary/aromatic N) is 2. The molecule has 2 rings (SSSR count). The molecule has 1 aromatic rings. The van der Waals surface area contributed by atoms with Crippen molar-refractivity contribution in [1.82, 2.24) is 42.1 Å². The minimum Gasteiger partial charge on any atom is -0.477 e. The van der Waals surface area contributed by atoms with Gasteiger partial charge in [-0.15, -0.1) is 0 Å². The average Bonchev–Trinajstić information content (AvgIpc) is 3.87. The Morgan fingerprint density at radius 3 is 2.00 bits per heavy atom. The molecule has 0 bridgehead atoms. The number of carbonyl (C=O) groups excluding carboxylic acids is 8. The van der Waals surface area contributed by atoms with E-state index in [1.165, 1.54) is 17.9 Å². The van der Waals surface area contributed by atoms with E-state index in [9.17, 15) is 53.4 Å². The Balaban J connectivity index is 2.25. The molecule has 0 radical (unpaired) electrons. The SMILES string of the molecule is Cc1ccc(C[C@H](NC(=O)[C@@H]2CCCN2C(=O)[C@@H](CCCN)NC(=O)CNC(=O)C(C)NC(=O)[C@@H](NC(=O)C(N)CCCCN)[C@@H](O)CN)C(=O)N[C@@H](CCCCN)C(=O)N/C(=C\CCN=C(N)N)C(=O)O)cc1. The molecule has 0 saturated carbocycles. The van der Waals surface area contributed by atoms with E-state index >= 15 is 0 Å². The third-order valence-corrected chi connectivity index (χ3v) is 11.9. The maximum Gasteiger partial charge on any atom is 0.352 e. The summed E-state index contributed by atoms with van der Waals surface area (Å²) in [6.07, 6.45) is 3.01. The van der Waals surface area contributed by atoms with Gasteiger partial charge in [-0.3, -0.25) is 43.3 Å². The number of amides is 8. The molecule has 1 fully saturated rings. The highest BCUT2D eigenvalue weighted by atomic mass is 16.4. The van der Waals surface area contributed by atoms with Crippen molar-refractivity contribution in [2.75, 3.05) is 45.8 Å². The van der Waals surface area contributed by atoms with Gasteiger partial charge >= 0.3 is 5.97 Å². The Labute approximate surface area is 431 Å². The van der Waals surface area contributed by atoms with Crippen LogP contribution in [0.1, 0.15) is 88.7 Å². The van der Waals surface area contributed by atoms with Crippen LogP contribution < -0.4 is 77.4 Å². The number of nitrogens with one attached hydrogen (secondary N) is 7. The number of aliphatic hydroxyl groups excluding tert-OH is 1. The van der Waals surface area contributed by atoms with Gasteiger partial charge in [-0.1, -0.05) is 42.3 Å². The van der Waals surface area contributed by atoms with Gasteiger partial charge in [0, 0.05) is 26.1 Å². The number of aliphatic hydroxyl groups is 1. The molecule has 1 heterocycles. The number of hydrogen-bond donors (Lipinski definition) is 16. The molecule has 8 amide bonds. The van der Waals surface area contributed by atoms with Gasteiger partial charge < -0.3 is 92.5 Å². The fourth-order valence-electron chi connectivity index (χ4n) is 7.67. The fourth-order valence-corrected chi connectivity index (χ4v) is 7.67. The van der Waals surface area contributed by atoms with Crippen molar-refractivity contribution in [1.29, 1.82) is 0 Å². The summed E-state index contributed by atoms with van der Waals surface area (Å²) in [5.41, 5.74) is 40.3. The number of likely N-dealkylation sites (tertiary alicyclic amines) is 1. The predicted molar refractivity (Wildman–Crippen MR) is 274 cm³/mol. The Morgan fingerprint density at radius 1 is 0.757 bits per heavy atom. The van der Waals surface area contributed by atoms with E-state index in [0.717, 1.165) is 5.56 Å². The molecule has 1 aromatic carbocycles. The topological polar surface area (TPSA) is 476 Å². The quantitative estimate of drug-likeness (QED) is 0.0132. The Bertz CT molecular complexity index is 2090. The Hall–Kier alpha value is -6.78. The molecule has 1 aliphatic heterocycles. The molecular formula is C47H80N16O11. The minimum absolute atomic E-state index is 0.0403. The Kier molecular flexibility index (Phi) is 29.0. The maximum absolute atomic E-state index is 14.2. The zero-order valence-corrected chi connectivity index (χ0v) is 42.4. The third kappa shape index (κ3) is 22.5. The van der Waals surface area contributed by atoms with Crippen LogP contribution in [0, 0.1) is 6.92 Å². The van der Waals surface area contributed by atoms with E-state index in [0.29, 0.717) is 44.2 Å². The average molecular weight is 1050 g/mol. The lowest BCUT2D eigenvalue weighted by atomic mass is 10.0. The smallest absolute Gasteiger partial charge is 0.352 e. The number of rotatable bonds is 34. The summed E-state index contributed by atoms with van der Waals surface area (Å²) in [6, 6.07) is -1.53. The molecule has 23 N–H and O–H groups in total. The van der Waals surface area contributed by atoms with Gasteiger partial charge in [0.1, 0.15) is 41.9 Å². The predicted octanol–water partition coefficient (Wildman–Crippen LogP) is -5.52. The van der Waals surface area contributed by atoms with Crippen molar-refractivity contribution in [3.8, 4) is 0 Å². The number of nitrogens with two attached hydrogens (primary N) is 7. The normalized spacial score (nSPS) is 16.2. The first kappa shape index (κ1) is 63.3. The summed E-state index contributed by atoms with van der Waals surface area (Å²) in [6.45, 7) is 3.10. The highest BCUT2D eigenvalue weighted by Gasteiger charge is 2.39. The molecule has 0 aliphatic carbocycles. The highest BCUT2D eigenvalue weighted by molar-refractivity contribution is 5.99. The molecule has 27 heteroatoms. The van der Waals surface area contributed by atoms with E-state index < -0.39 is 120 Å². The third-order valence-electron chi connectivity index (χ3n) is 11.9. The summed E-state index contributed by atoms with van der Waals surface area (Å²) < 4.78 is 0. The van der Waals surface area contributed by atoms with Gasteiger partial charge in [0.2, 0.25) is 47.3 Å². The molecule has 414 valence electrons. The van der Waals surface area contributed by atoms with Crippen LogP contribution in [0.25, 0.3) is 0 Å². The summed E-state index contributed by atoms with van der Waals surface area (Å²) in [5, 5.41) is 37.8. The number of guanidine groups is 1. The second kappa shape index (κ2) is 33.9. The van der Waals surface area contributed by atoms with Gasteiger partial charge in [-0.2, -0.15) is 0 Å². The number of carboxylic acid groups (broad SMARTS) is 1. The lowest BCUT2D eigenvalue weighted by molar-refractivity contribution is -0.142. The van der Waals surface area contributed by atoms with Gasteiger partial charge in [0.25, 0.3) is 0 Å². The zero-order chi connectivity index (χ0) is 55.3. The van der Waals surface area contributed by atoms with E-state index in [2.05, 4.69) is 42.2 Å². The molecule has 0 aromatic heterocycles. The van der Waals surface area contributed by atoms with Crippen molar-refractivity contribution in [2.24, 2.45) is 45.1 Å².